The topological polar surface area (TPSA) is 20.3 Å². The third-order valence-corrected chi connectivity index (χ3v) is 1.62. The second kappa shape index (κ2) is 14.5. The Bertz CT molecular complexity index is 132. The predicted molar refractivity (Wildman–Crippen MR) is 74.6 cm³/mol. The molecule has 0 aliphatic rings. The molecule has 2 nitrogen and oxygen atoms in total. The van der Waals surface area contributed by atoms with Crippen LogP contribution >= 0.6 is 0 Å². The maximum absolute atomic E-state index is 11.1. The summed E-state index contributed by atoms with van der Waals surface area (Å²) in [6, 6.07) is 0. The summed E-state index contributed by atoms with van der Waals surface area (Å²) in [4.78, 5) is 13.1. The average Bonchev–Trinajstić information content (AvgIpc) is 2.21. The highest BCUT2D eigenvalue weighted by atomic mass is 16.2. The second-order valence-corrected chi connectivity index (χ2v) is 4.21. The molecule has 1 amide bonds. The van der Waals surface area contributed by atoms with Gasteiger partial charge in [0.05, 0.1) is 0 Å². The van der Waals surface area contributed by atoms with E-state index >= 15 is 0 Å². The van der Waals surface area contributed by atoms with Crippen LogP contribution in [0.3, 0.4) is 0 Å². The second-order valence-electron chi connectivity index (χ2n) is 4.21. The van der Waals surface area contributed by atoms with E-state index in [9.17, 15) is 4.79 Å². The number of hydrogen-bond donors (Lipinski definition) is 0. The van der Waals surface area contributed by atoms with Gasteiger partial charge in [-0.3, -0.25) is 4.79 Å². The molecule has 0 aliphatic heterocycles. The van der Waals surface area contributed by atoms with E-state index < -0.39 is 0 Å². The normalized spacial score (nSPS) is 8.94. The fraction of sp³-hybridized carbons (Fsp3) is 0.929. The quantitative estimate of drug-likeness (QED) is 0.710. The van der Waals surface area contributed by atoms with Gasteiger partial charge in [0.15, 0.2) is 0 Å². The van der Waals surface area contributed by atoms with Crippen LogP contribution in [0, 0.1) is 11.8 Å². The van der Waals surface area contributed by atoms with Crippen molar-refractivity contribution in [2.45, 2.75) is 62.3 Å². The van der Waals surface area contributed by atoms with Crippen molar-refractivity contribution >= 4 is 5.91 Å². The maximum Gasteiger partial charge on any atom is 0.219 e. The molecule has 0 rings (SSSR count). The van der Waals surface area contributed by atoms with E-state index in [-0.39, 0.29) is 5.91 Å². The Morgan fingerprint density at radius 3 is 1.25 bits per heavy atom. The fourth-order valence-corrected chi connectivity index (χ4v) is 1.21. The Kier molecular flexibility index (Phi) is 18.8. The first-order valence-electron chi connectivity index (χ1n) is 6.69. The molecular formula is C14H33NO. The lowest BCUT2D eigenvalue weighted by atomic mass is 10.1. The van der Waals surface area contributed by atoms with Crippen molar-refractivity contribution in [3.63, 3.8) is 0 Å². The maximum atomic E-state index is 11.1. The van der Waals surface area contributed by atoms with Gasteiger partial charge in [-0.1, -0.05) is 55.4 Å². The van der Waals surface area contributed by atoms with E-state index in [4.69, 9.17) is 0 Å². The minimum Gasteiger partial charge on any atom is -0.342 e. The summed E-state index contributed by atoms with van der Waals surface area (Å²) in [6.07, 6.45) is 0. The number of nitrogens with zero attached hydrogens (tertiary/aromatic N) is 1. The van der Waals surface area contributed by atoms with E-state index in [0.717, 1.165) is 13.1 Å². The number of carbonyl (C=O) groups excluding carboxylic acids is 1. The molecule has 100 valence electrons. The van der Waals surface area contributed by atoms with Crippen molar-refractivity contribution in [2.24, 2.45) is 11.8 Å². The van der Waals surface area contributed by atoms with Gasteiger partial charge in [0.2, 0.25) is 5.91 Å². The van der Waals surface area contributed by atoms with Crippen LogP contribution in [0.15, 0.2) is 0 Å². The van der Waals surface area contributed by atoms with Gasteiger partial charge in [-0.2, -0.15) is 0 Å². The van der Waals surface area contributed by atoms with E-state index in [1.807, 2.05) is 32.6 Å². The highest BCUT2D eigenvalue weighted by Gasteiger charge is 2.11. The molecule has 0 aromatic carbocycles. The molecule has 0 atom stereocenters. The van der Waals surface area contributed by atoms with Crippen LogP contribution in [0.25, 0.3) is 0 Å². The number of rotatable bonds is 4. The summed E-state index contributed by atoms with van der Waals surface area (Å²) in [7, 11) is 0. The van der Waals surface area contributed by atoms with Gasteiger partial charge in [-0.15, -0.1) is 0 Å². The summed E-state index contributed by atoms with van der Waals surface area (Å²) in [5.74, 6) is 1.32. The number of carbonyl (C=O) groups is 1. The third-order valence-electron chi connectivity index (χ3n) is 1.62. The van der Waals surface area contributed by atoms with Gasteiger partial charge >= 0.3 is 0 Å². The molecule has 0 fully saturated rings. The van der Waals surface area contributed by atoms with E-state index in [0.29, 0.717) is 11.8 Å². The smallest absolute Gasteiger partial charge is 0.219 e. The average molecular weight is 231 g/mol. The van der Waals surface area contributed by atoms with Crippen LogP contribution in [0.4, 0.5) is 0 Å². The molecule has 0 saturated heterocycles. The first-order valence-corrected chi connectivity index (χ1v) is 6.69. The molecular weight excluding hydrogens is 198 g/mol. The third kappa shape index (κ3) is 15.9. The molecule has 0 unspecified atom stereocenters. The zero-order valence-corrected chi connectivity index (χ0v) is 12.9. The molecule has 0 aliphatic carbocycles. The van der Waals surface area contributed by atoms with Crippen molar-refractivity contribution in [1.29, 1.82) is 0 Å². The van der Waals surface area contributed by atoms with Crippen LogP contribution in [0.1, 0.15) is 62.3 Å². The summed E-state index contributed by atoms with van der Waals surface area (Å²) in [5, 5.41) is 0. The van der Waals surface area contributed by atoms with E-state index in [1.54, 1.807) is 6.92 Å². The molecule has 0 radical (unpaired) electrons. The number of hydrogen-bond acceptors (Lipinski definition) is 1. The van der Waals surface area contributed by atoms with Crippen LogP contribution in [0.2, 0.25) is 0 Å². The SMILES string of the molecule is CC.CC.CC(=O)N(CC(C)C)CC(C)C. The van der Waals surface area contributed by atoms with Crippen molar-refractivity contribution in [3.05, 3.63) is 0 Å². The highest BCUT2D eigenvalue weighted by Crippen LogP contribution is 2.03. The largest absolute Gasteiger partial charge is 0.342 e. The number of amides is 1. The van der Waals surface area contributed by atoms with E-state index in [2.05, 4.69) is 27.7 Å². The molecule has 2 heteroatoms. The summed E-state index contributed by atoms with van der Waals surface area (Å²) in [5.41, 5.74) is 0. The van der Waals surface area contributed by atoms with Crippen molar-refractivity contribution < 1.29 is 4.79 Å². The molecule has 0 spiro atoms. The molecule has 16 heavy (non-hydrogen) atoms. The van der Waals surface area contributed by atoms with Crippen LogP contribution in [-0.4, -0.2) is 23.9 Å². The van der Waals surface area contributed by atoms with Gasteiger partial charge in [0.1, 0.15) is 0 Å². The Morgan fingerprint density at radius 2 is 1.12 bits per heavy atom. The van der Waals surface area contributed by atoms with Gasteiger partial charge in [0.25, 0.3) is 0 Å². The Morgan fingerprint density at radius 1 is 0.875 bits per heavy atom. The Labute approximate surface area is 103 Å². The summed E-state index contributed by atoms with van der Waals surface area (Å²) < 4.78 is 0. The van der Waals surface area contributed by atoms with Crippen molar-refractivity contribution in [1.82, 2.24) is 4.90 Å². The zero-order chi connectivity index (χ0) is 13.7. The Balaban J connectivity index is -0.000000376. The van der Waals surface area contributed by atoms with Crippen LogP contribution in [-0.2, 0) is 4.79 Å². The lowest BCUT2D eigenvalue weighted by Gasteiger charge is -2.24. The minimum absolute atomic E-state index is 0.192. The fourth-order valence-electron chi connectivity index (χ4n) is 1.21. The van der Waals surface area contributed by atoms with Gasteiger partial charge in [-0.05, 0) is 11.8 Å². The molecule has 0 saturated carbocycles. The molecule has 0 bridgehead atoms. The van der Waals surface area contributed by atoms with Gasteiger partial charge in [-0.25, -0.2) is 0 Å². The van der Waals surface area contributed by atoms with Gasteiger partial charge < -0.3 is 4.90 Å². The summed E-state index contributed by atoms with van der Waals surface area (Å²) in [6.45, 7) is 19.9. The zero-order valence-electron chi connectivity index (χ0n) is 12.9. The summed E-state index contributed by atoms with van der Waals surface area (Å²) >= 11 is 0. The van der Waals surface area contributed by atoms with Gasteiger partial charge in [0, 0.05) is 20.0 Å². The lowest BCUT2D eigenvalue weighted by molar-refractivity contribution is -0.129. The molecule has 0 heterocycles. The molecule has 0 N–H and O–H groups in total. The molecule has 0 aromatic heterocycles. The van der Waals surface area contributed by atoms with Crippen LogP contribution < -0.4 is 0 Å². The highest BCUT2D eigenvalue weighted by molar-refractivity contribution is 5.73. The van der Waals surface area contributed by atoms with Crippen molar-refractivity contribution in [2.75, 3.05) is 13.1 Å². The first kappa shape index (κ1) is 20.8. The monoisotopic (exact) mass is 231 g/mol. The lowest BCUT2D eigenvalue weighted by Crippen LogP contribution is -2.35. The van der Waals surface area contributed by atoms with Crippen molar-refractivity contribution in [3.8, 4) is 0 Å². The predicted octanol–water partition coefficient (Wildman–Crippen LogP) is 4.20. The minimum atomic E-state index is 0.192. The Hall–Kier alpha value is -0.530. The molecule has 0 aromatic rings. The van der Waals surface area contributed by atoms with Crippen LogP contribution in [0.5, 0.6) is 0 Å². The standard InChI is InChI=1S/C10H21NO.2C2H6/c1-8(2)6-11(10(5)12)7-9(3)4;2*1-2/h8-9H,6-7H2,1-5H3;2*1-2H3. The van der Waals surface area contributed by atoms with E-state index in [1.165, 1.54) is 0 Å². The first-order chi connectivity index (χ1) is 7.43.